The van der Waals surface area contributed by atoms with E-state index in [0.29, 0.717) is 56.4 Å². The summed E-state index contributed by atoms with van der Waals surface area (Å²) in [5, 5.41) is 17.6. The van der Waals surface area contributed by atoms with Crippen LogP contribution in [-0.2, 0) is 9.59 Å². The molecule has 5 aromatic carbocycles. The van der Waals surface area contributed by atoms with Gasteiger partial charge in [-0.3, -0.25) is 19.4 Å². The third kappa shape index (κ3) is 8.30. The number of pyridine rings is 1. The van der Waals surface area contributed by atoms with Crippen molar-refractivity contribution >= 4 is 75.6 Å². The number of nitrogens with zero attached hydrogens (tertiary/aromatic N) is 2. The van der Waals surface area contributed by atoms with Gasteiger partial charge in [0.2, 0.25) is 0 Å². The van der Waals surface area contributed by atoms with Gasteiger partial charge in [0.25, 0.3) is 17.7 Å². The number of carbonyl (C=O) groups is 5. The minimum atomic E-state index is -0.595. The number of hydrogen-bond donors (Lipinski definition) is 6. The van der Waals surface area contributed by atoms with Gasteiger partial charge in [-0.1, -0.05) is 72.8 Å². The summed E-state index contributed by atoms with van der Waals surface area (Å²) >= 11 is 0. The first kappa shape index (κ1) is 37.6. The average Bonchev–Trinajstić information content (AvgIpc) is 3.73. The van der Waals surface area contributed by atoms with Crippen molar-refractivity contribution in [3.63, 3.8) is 0 Å². The predicted octanol–water partition coefficient (Wildman–Crippen LogP) is 8.25. The van der Waals surface area contributed by atoms with E-state index in [1.54, 1.807) is 97.3 Å². The average molecular weight is 781 g/mol. The molecule has 59 heavy (non-hydrogen) atoms. The van der Waals surface area contributed by atoms with Crippen molar-refractivity contribution in [2.45, 2.75) is 13.0 Å². The number of benzene rings is 5. The van der Waals surface area contributed by atoms with Gasteiger partial charge in [-0.15, -0.1) is 0 Å². The van der Waals surface area contributed by atoms with Crippen LogP contribution in [0.3, 0.4) is 0 Å². The van der Waals surface area contributed by atoms with Gasteiger partial charge in [0.05, 0.1) is 23.0 Å². The molecule has 13 heteroatoms. The summed E-state index contributed by atoms with van der Waals surface area (Å²) in [4.78, 5) is 71.0. The summed E-state index contributed by atoms with van der Waals surface area (Å²) in [7, 11) is 0. The van der Waals surface area contributed by atoms with Crippen LogP contribution in [0.25, 0.3) is 17.3 Å². The molecular weight excluding hydrogens is 745 g/mol. The molecule has 2 aliphatic rings. The number of urea groups is 2. The first-order valence-corrected chi connectivity index (χ1v) is 18.6. The van der Waals surface area contributed by atoms with Gasteiger partial charge < -0.3 is 31.9 Å². The van der Waals surface area contributed by atoms with E-state index in [2.05, 4.69) is 36.9 Å². The van der Waals surface area contributed by atoms with E-state index in [0.717, 1.165) is 16.0 Å². The molecule has 1 aromatic heterocycles. The van der Waals surface area contributed by atoms with E-state index >= 15 is 0 Å². The molecule has 6 aromatic rings. The molecule has 8 rings (SSSR count). The lowest BCUT2D eigenvalue weighted by molar-refractivity contribution is -0.114. The van der Waals surface area contributed by atoms with Gasteiger partial charge in [-0.2, -0.15) is 0 Å². The molecular formula is C46H36N8O5. The fourth-order valence-electron chi connectivity index (χ4n) is 6.75. The van der Waals surface area contributed by atoms with E-state index in [-0.39, 0.29) is 23.6 Å². The van der Waals surface area contributed by atoms with Gasteiger partial charge in [0.1, 0.15) is 5.70 Å². The molecule has 1 atom stereocenters. The van der Waals surface area contributed by atoms with Crippen molar-refractivity contribution in [2.24, 2.45) is 0 Å². The van der Waals surface area contributed by atoms with Gasteiger partial charge in [-0.05, 0) is 96.4 Å². The molecule has 13 nitrogen and oxygen atoms in total. The highest BCUT2D eigenvalue weighted by Crippen LogP contribution is 2.38. The second-order valence-electron chi connectivity index (χ2n) is 13.7. The number of carbonyl (C=O) groups excluding carboxylic acids is 5. The zero-order valence-electron chi connectivity index (χ0n) is 31.5. The molecule has 3 heterocycles. The zero-order valence-corrected chi connectivity index (χ0v) is 31.5. The topological polar surface area (TPSA) is 174 Å². The van der Waals surface area contributed by atoms with Gasteiger partial charge in [-0.25, -0.2) is 14.5 Å². The number of hydrogen-bond acceptors (Lipinski definition) is 7. The third-order valence-electron chi connectivity index (χ3n) is 9.63. The summed E-state index contributed by atoms with van der Waals surface area (Å²) in [6.07, 6.45) is 4.74. The minimum Gasteiger partial charge on any atom is -0.354 e. The SMILES string of the molecule is C[C@H](NC(=O)c1ccc2c(c1)/C(=C(/Nc1cccc(NC(=O)Nc3ccc(N4C(=O)N/C(=C\c5cccnc5)C4=O)cc3)c1)c1ccccc1)C(=O)N2)c1ccccc1. The molecule has 0 unspecified atom stereocenters. The lowest BCUT2D eigenvalue weighted by Crippen LogP contribution is -2.30. The molecule has 0 bridgehead atoms. The van der Waals surface area contributed by atoms with Crippen molar-refractivity contribution in [1.82, 2.24) is 15.6 Å². The van der Waals surface area contributed by atoms with E-state index < -0.39 is 18.0 Å². The van der Waals surface area contributed by atoms with Crippen LogP contribution >= 0.6 is 0 Å². The minimum absolute atomic E-state index is 0.118. The van der Waals surface area contributed by atoms with E-state index in [1.165, 1.54) is 0 Å². The van der Waals surface area contributed by atoms with Crippen molar-refractivity contribution in [3.8, 4) is 0 Å². The second-order valence-corrected chi connectivity index (χ2v) is 13.7. The second kappa shape index (κ2) is 16.4. The van der Waals surface area contributed by atoms with Crippen molar-refractivity contribution in [3.05, 3.63) is 185 Å². The Morgan fingerprint density at radius 2 is 1.41 bits per heavy atom. The summed E-state index contributed by atoms with van der Waals surface area (Å²) in [5.74, 6) is -1.13. The molecule has 290 valence electrons. The Morgan fingerprint density at radius 3 is 2.14 bits per heavy atom. The third-order valence-corrected chi connectivity index (χ3v) is 9.63. The lowest BCUT2D eigenvalue weighted by atomic mass is 9.98. The van der Waals surface area contributed by atoms with Gasteiger partial charge >= 0.3 is 12.1 Å². The molecule has 2 aliphatic heterocycles. The van der Waals surface area contributed by atoms with Gasteiger partial charge in [0, 0.05) is 46.3 Å². The van der Waals surface area contributed by atoms with Crippen LogP contribution in [0.1, 0.15) is 45.6 Å². The largest absolute Gasteiger partial charge is 0.354 e. The molecule has 7 amide bonds. The number of aromatic nitrogens is 1. The first-order valence-electron chi connectivity index (χ1n) is 18.6. The highest BCUT2D eigenvalue weighted by molar-refractivity contribution is 6.37. The van der Waals surface area contributed by atoms with E-state index in [4.69, 9.17) is 0 Å². The maximum atomic E-state index is 13.7. The molecule has 1 fully saturated rings. The predicted molar refractivity (Wildman–Crippen MR) is 228 cm³/mol. The number of imide groups is 1. The van der Waals surface area contributed by atoms with Crippen LogP contribution in [0.4, 0.5) is 38.0 Å². The van der Waals surface area contributed by atoms with Crippen LogP contribution in [0, 0.1) is 0 Å². The van der Waals surface area contributed by atoms with Crippen molar-refractivity contribution in [2.75, 3.05) is 26.2 Å². The maximum absolute atomic E-state index is 13.7. The lowest BCUT2D eigenvalue weighted by Gasteiger charge is -2.17. The number of rotatable bonds is 10. The highest BCUT2D eigenvalue weighted by Gasteiger charge is 2.35. The van der Waals surface area contributed by atoms with Crippen LogP contribution in [0.5, 0.6) is 0 Å². The number of fused-ring (bicyclic) bond motifs is 1. The maximum Gasteiger partial charge on any atom is 0.333 e. The summed E-state index contributed by atoms with van der Waals surface area (Å²) in [5.41, 5.74) is 6.66. The Bertz CT molecular complexity index is 2670. The Balaban J connectivity index is 0.981. The van der Waals surface area contributed by atoms with Crippen molar-refractivity contribution < 1.29 is 24.0 Å². The fraction of sp³-hybridized carbons (Fsp3) is 0.0435. The monoisotopic (exact) mass is 780 g/mol. The Kier molecular flexibility index (Phi) is 10.5. The van der Waals surface area contributed by atoms with E-state index in [9.17, 15) is 24.0 Å². The fourth-order valence-corrected chi connectivity index (χ4v) is 6.75. The number of anilines is 5. The zero-order chi connectivity index (χ0) is 40.9. The van der Waals surface area contributed by atoms with Crippen LogP contribution in [0.15, 0.2) is 158 Å². The Labute approximate surface area is 338 Å². The quantitative estimate of drug-likeness (QED) is 0.0600. The smallest absolute Gasteiger partial charge is 0.333 e. The summed E-state index contributed by atoms with van der Waals surface area (Å²) in [6.45, 7) is 1.92. The highest BCUT2D eigenvalue weighted by atomic mass is 16.2. The van der Waals surface area contributed by atoms with Crippen LogP contribution in [0.2, 0.25) is 0 Å². The van der Waals surface area contributed by atoms with E-state index in [1.807, 2.05) is 67.6 Å². The van der Waals surface area contributed by atoms with Crippen LogP contribution < -0.4 is 36.8 Å². The number of nitrogens with one attached hydrogen (secondary N) is 6. The molecule has 0 radical (unpaired) electrons. The van der Waals surface area contributed by atoms with Gasteiger partial charge in [0.15, 0.2) is 0 Å². The van der Waals surface area contributed by atoms with Crippen LogP contribution in [-0.4, -0.2) is 34.8 Å². The molecule has 0 spiro atoms. The molecule has 1 saturated heterocycles. The Morgan fingerprint density at radius 1 is 0.695 bits per heavy atom. The summed E-state index contributed by atoms with van der Waals surface area (Å²) < 4.78 is 0. The first-order chi connectivity index (χ1) is 28.7. The molecule has 0 saturated carbocycles. The normalized spacial score (nSPS) is 15.2. The standard InChI is InChI=1S/C46H36N8O5/c1-28(30-11-4-2-5-12-30)48-42(55)32-17-22-38-37(25-32)40(43(56)52-38)41(31-13-6-3-7-14-31)49-34-15-8-16-35(26-34)51-45(58)50-33-18-20-36(21-19-33)54-44(57)39(53-46(54)59)24-29-10-9-23-47-27-29/h2-28,49H,1H3,(H,48,55)(H,52,56)(H,53,59)(H2,50,51,58)/b39-24-,41-40-/t28-/m0/s1. The molecule has 0 aliphatic carbocycles. The number of amides is 7. The van der Waals surface area contributed by atoms with Crippen molar-refractivity contribution in [1.29, 1.82) is 0 Å². The summed E-state index contributed by atoms with van der Waals surface area (Å²) in [6, 6.07) is 39.6. The Hall–Kier alpha value is -8.32. The molecule has 6 N–H and O–H groups in total.